The van der Waals surface area contributed by atoms with Gasteiger partial charge in [0, 0.05) is 45.6 Å². The number of furan rings is 1. The highest BCUT2D eigenvalue weighted by molar-refractivity contribution is 5.93. The fraction of sp³-hybridized carbons (Fsp3) is 0.458. The Kier molecular flexibility index (Phi) is 6.30. The fourth-order valence-electron chi connectivity index (χ4n) is 4.55. The zero-order valence-electron chi connectivity index (χ0n) is 18.8. The first-order chi connectivity index (χ1) is 16.2. The van der Waals surface area contributed by atoms with E-state index in [-0.39, 0.29) is 5.91 Å². The number of fused-ring (bicyclic) bond motifs is 2. The summed E-state index contributed by atoms with van der Waals surface area (Å²) < 4.78 is 18.1. The van der Waals surface area contributed by atoms with E-state index in [2.05, 4.69) is 44.0 Å². The number of nitrogens with one attached hydrogen (secondary N) is 1. The summed E-state index contributed by atoms with van der Waals surface area (Å²) in [5.74, 6) is 4.01. The van der Waals surface area contributed by atoms with Gasteiger partial charge in [-0.3, -0.25) is 4.79 Å². The van der Waals surface area contributed by atoms with Crippen molar-refractivity contribution in [3.8, 4) is 11.5 Å². The molecule has 9 heteroatoms. The highest BCUT2D eigenvalue weighted by Gasteiger charge is 2.21. The number of hydrogen-bond acceptors (Lipinski definition) is 7. The van der Waals surface area contributed by atoms with Crippen molar-refractivity contribution in [2.24, 2.45) is 5.92 Å². The van der Waals surface area contributed by atoms with Crippen LogP contribution in [-0.4, -0.2) is 58.5 Å². The molecule has 0 bridgehead atoms. The second kappa shape index (κ2) is 9.66. The monoisotopic (exact) mass is 451 g/mol. The van der Waals surface area contributed by atoms with E-state index in [4.69, 9.17) is 13.9 Å². The van der Waals surface area contributed by atoms with Gasteiger partial charge in [0.2, 0.25) is 6.79 Å². The van der Waals surface area contributed by atoms with Gasteiger partial charge in [-0.2, -0.15) is 0 Å². The molecule has 1 amide bonds. The van der Waals surface area contributed by atoms with Gasteiger partial charge in [0.1, 0.15) is 17.9 Å². The van der Waals surface area contributed by atoms with Crippen molar-refractivity contribution in [1.82, 2.24) is 25.0 Å². The maximum atomic E-state index is 12.1. The summed E-state index contributed by atoms with van der Waals surface area (Å²) in [6, 6.07) is 7.88. The van der Waals surface area contributed by atoms with Crippen molar-refractivity contribution in [1.29, 1.82) is 0 Å². The molecule has 3 aromatic rings. The van der Waals surface area contributed by atoms with E-state index in [1.807, 2.05) is 6.07 Å². The standard InChI is InChI=1S/C24H29N5O4/c1-17(12-18-2-3-20-21(13-18)33-16-32-20)14-28-8-5-23-27-26-22(29(23)10-9-28)4-7-25-24(30)19-6-11-31-15-19/h2-3,6,11,13,15,17H,4-5,7-10,12,14,16H2,1H3,(H,25,30)/t17-/m0/s1. The number of aromatic nitrogens is 3. The molecule has 4 heterocycles. The summed E-state index contributed by atoms with van der Waals surface area (Å²) in [5, 5.41) is 11.7. The maximum Gasteiger partial charge on any atom is 0.254 e. The second-order valence-electron chi connectivity index (χ2n) is 8.75. The Balaban J connectivity index is 1.11. The largest absolute Gasteiger partial charge is 0.472 e. The maximum absolute atomic E-state index is 12.1. The third kappa shape index (κ3) is 5.03. The van der Waals surface area contributed by atoms with Gasteiger partial charge < -0.3 is 28.7 Å². The molecule has 33 heavy (non-hydrogen) atoms. The Morgan fingerprint density at radius 3 is 2.94 bits per heavy atom. The Hall–Kier alpha value is -3.33. The molecule has 5 rings (SSSR count). The minimum Gasteiger partial charge on any atom is -0.472 e. The highest BCUT2D eigenvalue weighted by Crippen LogP contribution is 2.33. The Morgan fingerprint density at radius 2 is 2.06 bits per heavy atom. The normalized spacial score (nSPS) is 16.3. The first-order valence-electron chi connectivity index (χ1n) is 11.5. The van der Waals surface area contributed by atoms with Crippen LogP contribution in [0.3, 0.4) is 0 Å². The van der Waals surface area contributed by atoms with Gasteiger partial charge in [0.05, 0.1) is 11.8 Å². The number of nitrogens with zero attached hydrogens (tertiary/aromatic N) is 4. The van der Waals surface area contributed by atoms with Crippen LogP contribution < -0.4 is 14.8 Å². The zero-order valence-corrected chi connectivity index (χ0v) is 18.8. The van der Waals surface area contributed by atoms with Crippen LogP contribution in [0.25, 0.3) is 0 Å². The van der Waals surface area contributed by atoms with Gasteiger partial charge >= 0.3 is 0 Å². The number of carbonyl (C=O) groups is 1. The summed E-state index contributed by atoms with van der Waals surface area (Å²) in [4.78, 5) is 14.6. The number of carbonyl (C=O) groups excluding carboxylic acids is 1. The third-order valence-corrected chi connectivity index (χ3v) is 6.20. The van der Waals surface area contributed by atoms with E-state index in [1.165, 1.54) is 18.1 Å². The predicted molar refractivity (Wildman–Crippen MR) is 120 cm³/mol. The first kappa shape index (κ1) is 21.5. The van der Waals surface area contributed by atoms with E-state index in [0.717, 1.165) is 62.2 Å². The molecule has 2 aromatic heterocycles. The number of hydrogen-bond donors (Lipinski definition) is 1. The van der Waals surface area contributed by atoms with Gasteiger partial charge in [-0.1, -0.05) is 13.0 Å². The number of rotatable bonds is 8. The molecule has 0 radical (unpaired) electrons. The first-order valence-corrected chi connectivity index (χ1v) is 11.5. The van der Waals surface area contributed by atoms with E-state index in [0.29, 0.717) is 31.2 Å². The Labute approximate surface area is 192 Å². The van der Waals surface area contributed by atoms with E-state index in [1.54, 1.807) is 6.07 Å². The second-order valence-corrected chi connectivity index (χ2v) is 8.75. The molecule has 2 aliphatic rings. The van der Waals surface area contributed by atoms with Crippen LogP contribution in [0.1, 0.15) is 34.5 Å². The lowest BCUT2D eigenvalue weighted by atomic mass is 10.00. The van der Waals surface area contributed by atoms with Gasteiger partial charge in [-0.15, -0.1) is 10.2 Å². The summed E-state index contributed by atoms with van der Waals surface area (Å²) in [5.41, 5.74) is 1.80. The zero-order chi connectivity index (χ0) is 22.6. The highest BCUT2D eigenvalue weighted by atomic mass is 16.7. The number of benzene rings is 1. The van der Waals surface area contributed by atoms with Crippen LogP contribution in [0.4, 0.5) is 0 Å². The molecule has 0 spiro atoms. The molecule has 0 fully saturated rings. The lowest BCUT2D eigenvalue weighted by molar-refractivity contribution is 0.0953. The van der Waals surface area contributed by atoms with E-state index >= 15 is 0 Å². The molecule has 9 nitrogen and oxygen atoms in total. The molecule has 174 valence electrons. The Bertz CT molecular complexity index is 1090. The van der Waals surface area contributed by atoms with Gasteiger partial charge in [0.15, 0.2) is 11.5 Å². The van der Waals surface area contributed by atoms with Gasteiger partial charge in [0.25, 0.3) is 5.91 Å². The molecule has 0 saturated carbocycles. The number of ether oxygens (including phenoxy) is 2. The SMILES string of the molecule is C[C@@H](Cc1ccc2c(c1)OCO2)CN1CCc2nnc(CCNC(=O)c3ccoc3)n2CC1. The average molecular weight is 452 g/mol. The summed E-state index contributed by atoms with van der Waals surface area (Å²) in [6.45, 7) is 6.95. The minimum atomic E-state index is -0.137. The van der Waals surface area contributed by atoms with Crippen molar-refractivity contribution in [2.45, 2.75) is 32.7 Å². The molecular weight excluding hydrogens is 422 g/mol. The molecule has 1 aromatic carbocycles. The molecule has 1 N–H and O–H groups in total. The summed E-state index contributed by atoms with van der Waals surface area (Å²) in [6.07, 6.45) is 5.47. The molecule has 0 saturated heterocycles. The molecule has 0 aliphatic carbocycles. The van der Waals surface area contributed by atoms with Crippen LogP contribution in [0, 0.1) is 5.92 Å². The average Bonchev–Trinajstić information content (AvgIpc) is 3.55. The minimum absolute atomic E-state index is 0.137. The van der Waals surface area contributed by atoms with Crippen molar-refractivity contribution in [2.75, 3.05) is 33.0 Å². The molecule has 2 aliphatic heterocycles. The van der Waals surface area contributed by atoms with Crippen LogP contribution in [0.2, 0.25) is 0 Å². The third-order valence-electron chi connectivity index (χ3n) is 6.20. The predicted octanol–water partition coefficient (Wildman–Crippen LogP) is 2.31. The van der Waals surface area contributed by atoms with Crippen LogP contribution in [0.15, 0.2) is 41.2 Å². The smallest absolute Gasteiger partial charge is 0.254 e. The van der Waals surface area contributed by atoms with Crippen LogP contribution >= 0.6 is 0 Å². The fourth-order valence-corrected chi connectivity index (χ4v) is 4.55. The quantitative estimate of drug-likeness (QED) is 0.562. The van der Waals surface area contributed by atoms with Crippen LogP contribution in [0.5, 0.6) is 11.5 Å². The van der Waals surface area contributed by atoms with Gasteiger partial charge in [-0.05, 0) is 36.1 Å². The van der Waals surface area contributed by atoms with Crippen LogP contribution in [-0.2, 0) is 25.8 Å². The lowest BCUT2D eigenvalue weighted by Crippen LogP contribution is -2.32. The van der Waals surface area contributed by atoms with Crippen molar-refractivity contribution in [3.63, 3.8) is 0 Å². The Morgan fingerprint density at radius 1 is 1.15 bits per heavy atom. The van der Waals surface area contributed by atoms with Crippen molar-refractivity contribution in [3.05, 3.63) is 59.6 Å². The lowest BCUT2D eigenvalue weighted by Gasteiger charge is -2.24. The van der Waals surface area contributed by atoms with Gasteiger partial charge in [-0.25, -0.2) is 0 Å². The van der Waals surface area contributed by atoms with E-state index in [9.17, 15) is 4.79 Å². The van der Waals surface area contributed by atoms with Crippen molar-refractivity contribution >= 4 is 5.91 Å². The summed E-state index contributed by atoms with van der Waals surface area (Å²) in [7, 11) is 0. The molecule has 0 unspecified atom stereocenters. The van der Waals surface area contributed by atoms with E-state index < -0.39 is 0 Å². The van der Waals surface area contributed by atoms with Crippen molar-refractivity contribution < 1.29 is 18.7 Å². The number of amides is 1. The summed E-state index contributed by atoms with van der Waals surface area (Å²) >= 11 is 0. The molecular formula is C24H29N5O4. The molecule has 1 atom stereocenters. The topological polar surface area (TPSA) is 94.7 Å².